The lowest BCUT2D eigenvalue weighted by atomic mass is 9.83. The van der Waals surface area contributed by atoms with E-state index in [-0.39, 0.29) is 0 Å². The molecule has 2 rings (SSSR count). The molecule has 1 aromatic rings. The van der Waals surface area contributed by atoms with E-state index in [2.05, 4.69) is 5.10 Å². The Morgan fingerprint density at radius 1 is 1.75 bits per heavy atom. The second-order valence-electron chi connectivity index (χ2n) is 4.15. The van der Waals surface area contributed by atoms with Crippen LogP contribution in [0.15, 0.2) is 6.07 Å². The van der Waals surface area contributed by atoms with Gasteiger partial charge in [-0.1, -0.05) is 0 Å². The first-order chi connectivity index (χ1) is 7.61. The van der Waals surface area contributed by atoms with Crippen LogP contribution in [0.3, 0.4) is 0 Å². The summed E-state index contributed by atoms with van der Waals surface area (Å²) in [6.07, 6.45) is 0.902. The quantitative estimate of drug-likeness (QED) is 0.469. The summed E-state index contributed by atoms with van der Waals surface area (Å²) in [5.41, 5.74) is 6.61. The molecule has 0 aliphatic carbocycles. The number of hydrogen-bond donors (Lipinski definition) is 2. The molecule has 1 saturated heterocycles. The van der Waals surface area contributed by atoms with Crippen LogP contribution in [0.5, 0.6) is 0 Å². The van der Waals surface area contributed by atoms with Crippen LogP contribution < -0.4 is 5.73 Å². The van der Waals surface area contributed by atoms with Crippen molar-refractivity contribution in [3.8, 4) is 0 Å². The van der Waals surface area contributed by atoms with Crippen LogP contribution >= 0.6 is 0 Å². The number of aromatic nitrogens is 2. The number of nitrogen functional groups attached to an aromatic ring is 1. The smallest absolute Gasteiger partial charge is 0.431 e. The zero-order valence-corrected chi connectivity index (χ0v) is 9.21. The average molecular weight is 220 g/mol. The highest BCUT2D eigenvalue weighted by Gasteiger charge is 2.30. The Morgan fingerprint density at radius 2 is 2.44 bits per heavy atom. The molecule has 0 saturated carbocycles. The van der Waals surface area contributed by atoms with Gasteiger partial charge in [-0.2, -0.15) is 5.10 Å². The van der Waals surface area contributed by atoms with E-state index < -0.39 is 7.05 Å². The van der Waals surface area contributed by atoms with Crippen LogP contribution in [0.4, 0.5) is 5.82 Å². The predicted octanol–water partition coefficient (Wildman–Crippen LogP) is -1.64. The fourth-order valence-corrected chi connectivity index (χ4v) is 1.94. The van der Waals surface area contributed by atoms with Gasteiger partial charge in [-0.15, -0.1) is 0 Å². The third-order valence-corrected chi connectivity index (χ3v) is 2.85. The van der Waals surface area contributed by atoms with Crippen molar-refractivity contribution < 1.29 is 9.82 Å². The van der Waals surface area contributed by atoms with Gasteiger partial charge in [0.15, 0.2) is 0 Å². The first-order valence-corrected chi connectivity index (χ1v) is 5.30. The molecule has 0 aromatic carbocycles. The van der Waals surface area contributed by atoms with Crippen LogP contribution in [-0.4, -0.2) is 53.3 Å². The minimum atomic E-state index is -0.708. The highest BCUT2D eigenvalue weighted by atomic mass is 16.2. The number of rotatable bonds is 4. The van der Waals surface area contributed by atoms with Crippen LogP contribution in [0.2, 0.25) is 6.82 Å². The van der Waals surface area contributed by atoms with Gasteiger partial charge in [-0.3, -0.25) is 4.59 Å². The number of nitrogens with two attached hydrogens (primary N) is 1. The molecular weight excluding hydrogens is 206 g/mol. The molecule has 2 heterocycles. The van der Waals surface area contributed by atoms with Gasteiger partial charge in [0.05, 0.1) is 11.9 Å². The fourth-order valence-electron chi connectivity index (χ4n) is 1.94. The Hall–Kier alpha value is -1.27. The van der Waals surface area contributed by atoms with Crippen molar-refractivity contribution in [2.45, 2.75) is 12.7 Å². The van der Waals surface area contributed by atoms with E-state index in [0.717, 1.165) is 25.0 Å². The van der Waals surface area contributed by atoms with Crippen LogP contribution in [0.1, 0.15) is 11.6 Å². The minimum absolute atomic E-state index is 0.322. The zero-order chi connectivity index (χ0) is 11.7. The minimum Gasteiger partial charge on any atom is -0.431 e. The lowest BCUT2D eigenvalue weighted by Gasteiger charge is -2.37. The number of carbonyl (C=O) groups excluding carboxylic acids is 1. The normalized spacial score (nSPS) is 16.9. The monoisotopic (exact) mass is 220 g/mol. The van der Waals surface area contributed by atoms with E-state index in [0.29, 0.717) is 19.2 Å². The van der Waals surface area contributed by atoms with E-state index in [1.54, 1.807) is 12.9 Å². The highest BCUT2D eigenvalue weighted by Crippen LogP contribution is 2.26. The molecule has 0 unspecified atom stereocenters. The summed E-state index contributed by atoms with van der Waals surface area (Å²) in [4.78, 5) is 12.3. The molecule has 0 bridgehead atoms. The van der Waals surface area contributed by atoms with Gasteiger partial charge in [0, 0.05) is 12.0 Å². The molecule has 1 aliphatic rings. The molecule has 8 heteroatoms. The first kappa shape index (κ1) is 11.2. The van der Waals surface area contributed by atoms with Crippen molar-refractivity contribution in [1.82, 2.24) is 14.5 Å². The Morgan fingerprint density at radius 3 is 2.94 bits per heavy atom. The van der Waals surface area contributed by atoms with E-state index in [4.69, 9.17) is 5.73 Å². The number of anilines is 1. The SMILES string of the molecule is CB(O)n1nc(C2CN(BC=O)C2)cc1N. The lowest BCUT2D eigenvalue weighted by molar-refractivity contribution is 0.268. The largest absolute Gasteiger partial charge is 0.433 e. The second kappa shape index (κ2) is 4.31. The van der Waals surface area contributed by atoms with Gasteiger partial charge in [-0.05, 0) is 19.9 Å². The molecule has 84 valence electrons. The van der Waals surface area contributed by atoms with Gasteiger partial charge in [0.25, 0.3) is 7.41 Å². The molecule has 1 aliphatic heterocycles. The summed E-state index contributed by atoms with van der Waals surface area (Å²) in [5, 5.41) is 13.6. The molecule has 16 heavy (non-hydrogen) atoms. The maximum absolute atomic E-state index is 10.3. The number of nitrogens with zero attached hydrogens (tertiary/aromatic N) is 3. The Bertz CT molecular complexity index is 389. The third-order valence-electron chi connectivity index (χ3n) is 2.85. The van der Waals surface area contributed by atoms with Crippen molar-refractivity contribution in [2.24, 2.45) is 0 Å². The molecular formula is C8H14B2N4O2. The topological polar surface area (TPSA) is 84.4 Å². The van der Waals surface area contributed by atoms with Gasteiger partial charge in [-0.25, -0.2) is 0 Å². The average Bonchev–Trinajstić information content (AvgIpc) is 2.53. The standard InChI is InChI=1S/C8H14B2N4O2/c1-10(16)14-8(11)2-7(12-14)6-3-13(4-6)9-5-15/h2,5-6,9,16H,3-4,11H2,1H3. The summed E-state index contributed by atoms with van der Waals surface area (Å²) < 4.78 is 1.40. The summed E-state index contributed by atoms with van der Waals surface area (Å²) in [6, 6.07) is 1.79. The predicted molar refractivity (Wildman–Crippen MR) is 64.1 cm³/mol. The number of carbonyl (C=O) groups is 1. The zero-order valence-electron chi connectivity index (χ0n) is 9.21. The maximum Gasteiger partial charge on any atom is 0.433 e. The molecule has 1 fully saturated rings. The van der Waals surface area contributed by atoms with Crippen molar-refractivity contribution in [3.05, 3.63) is 11.8 Å². The maximum atomic E-state index is 10.3. The van der Waals surface area contributed by atoms with E-state index >= 15 is 0 Å². The Labute approximate surface area is 94.8 Å². The molecule has 0 atom stereocenters. The van der Waals surface area contributed by atoms with Gasteiger partial charge < -0.3 is 20.4 Å². The molecule has 0 radical (unpaired) electrons. The van der Waals surface area contributed by atoms with Crippen molar-refractivity contribution in [2.75, 3.05) is 18.8 Å². The van der Waals surface area contributed by atoms with Gasteiger partial charge >= 0.3 is 7.05 Å². The van der Waals surface area contributed by atoms with Gasteiger partial charge in [0.2, 0.25) is 0 Å². The van der Waals surface area contributed by atoms with Crippen molar-refractivity contribution in [3.63, 3.8) is 0 Å². The van der Waals surface area contributed by atoms with Crippen molar-refractivity contribution >= 4 is 26.5 Å². The first-order valence-electron chi connectivity index (χ1n) is 5.30. The summed E-state index contributed by atoms with van der Waals surface area (Å²) in [5.74, 6) is 0.793. The molecule has 3 N–H and O–H groups in total. The third kappa shape index (κ3) is 1.98. The fraction of sp³-hybridized carbons (Fsp3) is 0.500. The molecule has 0 amide bonds. The molecule has 6 nitrogen and oxygen atoms in total. The van der Waals surface area contributed by atoms with Crippen molar-refractivity contribution in [1.29, 1.82) is 0 Å². The van der Waals surface area contributed by atoms with Crippen LogP contribution in [0.25, 0.3) is 0 Å². The second-order valence-corrected chi connectivity index (χ2v) is 4.15. The van der Waals surface area contributed by atoms with E-state index in [1.807, 2.05) is 4.81 Å². The summed E-state index contributed by atoms with van der Waals surface area (Å²) in [6.45, 7) is 3.27. The molecule has 1 aromatic heterocycles. The highest BCUT2D eigenvalue weighted by molar-refractivity contribution is 6.64. The molecule has 0 spiro atoms. The van der Waals surface area contributed by atoms with Gasteiger partial charge in [0.1, 0.15) is 5.82 Å². The van der Waals surface area contributed by atoms with Crippen LogP contribution in [0, 0.1) is 0 Å². The number of hydrogen-bond acceptors (Lipinski definition) is 5. The van der Waals surface area contributed by atoms with E-state index in [9.17, 15) is 9.82 Å². The summed E-state index contributed by atoms with van der Waals surface area (Å²) >= 11 is 0. The lowest BCUT2D eigenvalue weighted by Crippen LogP contribution is -2.47. The van der Waals surface area contributed by atoms with E-state index in [1.165, 1.54) is 4.59 Å². The Balaban J connectivity index is 2.01. The Kier molecular flexibility index (Phi) is 3.02. The summed E-state index contributed by atoms with van der Waals surface area (Å²) in [7, 11) is -0.233. The van der Waals surface area contributed by atoms with Crippen LogP contribution in [-0.2, 0) is 4.79 Å².